The maximum atomic E-state index is 12.4. The molecular formula is C21H23N3O2. The van der Waals surface area contributed by atoms with Crippen molar-refractivity contribution in [3.8, 4) is 6.07 Å². The van der Waals surface area contributed by atoms with Gasteiger partial charge in [-0.1, -0.05) is 42.5 Å². The number of amides is 1. The molecule has 134 valence electrons. The molecule has 0 aliphatic heterocycles. The first-order valence-corrected chi connectivity index (χ1v) is 8.45. The molecule has 0 radical (unpaired) electrons. The van der Waals surface area contributed by atoms with Gasteiger partial charge in [0, 0.05) is 19.3 Å². The van der Waals surface area contributed by atoms with Crippen molar-refractivity contribution >= 4 is 17.7 Å². The van der Waals surface area contributed by atoms with Gasteiger partial charge in [-0.05, 0) is 36.3 Å². The van der Waals surface area contributed by atoms with Crippen LogP contribution in [0.1, 0.15) is 24.1 Å². The molecule has 0 saturated heterocycles. The second kappa shape index (κ2) is 9.40. The van der Waals surface area contributed by atoms with Crippen molar-refractivity contribution in [2.75, 3.05) is 25.1 Å². The maximum Gasteiger partial charge on any atom is 0.262 e. The summed E-state index contributed by atoms with van der Waals surface area (Å²) in [6, 6.07) is 18.9. The number of hydrogen-bond acceptors (Lipinski definition) is 4. The first-order valence-electron chi connectivity index (χ1n) is 8.45. The van der Waals surface area contributed by atoms with E-state index >= 15 is 0 Å². The number of aliphatic hydroxyl groups is 1. The molecule has 5 heteroatoms. The smallest absolute Gasteiger partial charge is 0.262 e. The molecular weight excluding hydrogens is 326 g/mol. The van der Waals surface area contributed by atoms with Gasteiger partial charge in [0.1, 0.15) is 11.6 Å². The molecule has 26 heavy (non-hydrogen) atoms. The molecule has 5 nitrogen and oxygen atoms in total. The molecule has 0 aliphatic carbocycles. The lowest BCUT2D eigenvalue weighted by atomic mass is 10.1. The van der Waals surface area contributed by atoms with E-state index in [0.29, 0.717) is 6.54 Å². The number of rotatable bonds is 7. The number of anilines is 1. The molecule has 2 N–H and O–H groups in total. The van der Waals surface area contributed by atoms with Crippen LogP contribution in [0.2, 0.25) is 0 Å². The van der Waals surface area contributed by atoms with Crippen molar-refractivity contribution in [3.63, 3.8) is 0 Å². The fourth-order valence-corrected chi connectivity index (χ4v) is 2.52. The summed E-state index contributed by atoms with van der Waals surface area (Å²) in [5, 5.41) is 21.2. The van der Waals surface area contributed by atoms with E-state index in [1.807, 2.05) is 79.5 Å². The molecule has 0 aliphatic rings. The van der Waals surface area contributed by atoms with E-state index in [1.165, 1.54) is 0 Å². The minimum atomic E-state index is -0.398. The van der Waals surface area contributed by atoms with Gasteiger partial charge in [0.05, 0.1) is 12.6 Å². The molecule has 0 unspecified atom stereocenters. The molecule has 0 saturated carbocycles. The zero-order valence-electron chi connectivity index (χ0n) is 15.0. The average Bonchev–Trinajstić information content (AvgIpc) is 2.67. The van der Waals surface area contributed by atoms with Gasteiger partial charge in [0.25, 0.3) is 5.91 Å². The highest BCUT2D eigenvalue weighted by atomic mass is 16.3. The minimum Gasteiger partial charge on any atom is -0.395 e. The lowest BCUT2D eigenvalue weighted by Crippen LogP contribution is -2.27. The third kappa shape index (κ3) is 5.20. The zero-order valence-corrected chi connectivity index (χ0v) is 15.0. The first-order chi connectivity index (χ1) is 12.5. The monoisotopic (exact) mass is 349 g/mol. The highest BCUT2D eigenvalue weighted by Crippen LogP contribution is 2.16. The molecule has 0 spiro atoms. The quantitative estimate of drug-likeness (QED) is 0.595. The molecule has 0 bridgehead atoms. The van der Waals surface area contributed by atoms with Crippen LogP contribution in [0.4, 0.5) is 5.69 Å². The third-order valence-electron chi connectivity index (χ3n) is 4.09. The summed E-state index contributed by atoms with van der Waals surface area (Å²) >= 11 is 0. The number of nitriles is 1. The van der Waals surface area contributed by atoms with Gasteiger partial charge >= 0.3 is 0 Å². The lowest BCUT2D eigenvalue weighted by molar-refractivity contribution is -0.117. The van der Waals surface area contributed by atoms with E-state index in [-0.39, 0.29) is 18.2 Å². The maximum absolute atomic E-state index is 12.4. The van der Waals surface area contributed by atoms with E-state index < -0.39 is 5.91 Å². The van der Waals surface area contributed by atoms with Gasteiger partial charge in [-0.25, -0.2) is 0 Å². The fourth-order valence-electron chi connectivity index (χ4n) is 2.52. The number of nitrogens with one attached hydrogen (secondary N) is 1. The zero-order chi connectivity index (χ0) is 18.9. The average molecular weight is 349 g/mol. The standard InChI is InChI=1S/C21H23N3O2/c1-16(18-6-4-3-5-7-18)23-21(26)19(15-22)14-17-8-10-20(11-9-17)24(2)12-13-25/h3-11,14,16,25H,12-13H2,1-2H3,(H,23,26)/b19-14+/t16-/m1/s1. The summed E-state index contributed by atoms with van der Waals surface area (Å²) < 4.78 is 0. The Kier molecular flexibility index (Phi) is 6.95. The Balaban J connectivity index is 2.09. The molecule has 1 atom stereocenters. The normalized spacial score (nSPS) is 12.2. The van der Waals surface area contributed by atoms with Crippen LogP contribution in [-0.2, 0) is 4.79 Å². The molecule has 0 aromatic heterocycles. The van der Waals surface area contributed by atoms with Crippen LogP contribution in [0.5, 0.6) is 0 Å². The van der Waals surface area contributed by atoms with Gasteiger partial charge in [-0.2, -0.15) is 5.26 Å². The Morgan fingerprint density at radius 3 is 2.46 bits per heavy atom. The Bertz CT molecular complexity index is 792. The van der Waals surface area contributed by atoms with E-state index in [4.69, 9.17) is 5.11 Å². The van der Waals surface area contributed by atoms with Gasteiger partial charge < -0.3 is 15.3 Å². The van der Waals surface area contributed by atoms with Crippen LogP contribution in [0.25, 0.3) is 6.08 Å². The van der Waals surface area contributed by atoms with Crippen LogP contribution in [0, 0.1) is 11.3 Å². The second-order valence-corrected chi connectivity index (χ2v) is 6.01. The van der Waals surface area contributed by atoms with Crippen LogP contribution in [-0.4, -0.2) is 31.2 Å². The number of hydrogen-bond donors (Lipinski definition) is 2. The van der Waals surface area contributed by atoms with E-state index in [0.717, 1.165) is 16.8 Å². The first kappa shape index (κ1) is 19.2. The van der Waals surface area contributed by atoms with E-state index in [9.17, 15) is 10.1 Å². The van der Waals surface area contributed by atoms with Crippen molar-refractivity contribution in [3.05, 3.63) is 71.3 Å². The summed E-state index contributed by atoms with van der Waals surface area (Å²) in [5.74, 6) is -0.398. The fraction of sp³-hybridized carbons (Fsp3) is 0.238. The van der Waals surface area contributed by atoms with Crippen molar-refractivity contribution in [1.82, 2.24) is 5.32 Å². The number of carbonyl (C=O) groups is 1. The Labute approximate surface area is 154 Å². The summed E-state index contributed by atoms with van der Waals surface area (Å²) in [6.07, 6.45) is 1.57. The number of nitrogens with zero attached hydrogens (tertiary/aromatic N) is 2. The Hall–Kier alpha value is -3.10. The Morgan fingerprint density at radius 1 is 1.23 bits per heavy atom. The Morgan fingerprint density at radius 2 is 1.88 bits per heavy atom. The number of carbonyl (C=O) groups excluding carboxylic acids is 1. The van der Waals surface area contributed by atoms with Gasteiger partial charge in [0.2, 0.25) is 0 Å². The molecule has 2 aromatic rings. The number of likely N-dealkylation sites (N-methyl/N-ethyl adjacent to an activating group) is 1. The minimum absolute atomic E-state index is 0.0595. The SMILES string of the molecule is C[C@@H](NC(=O)/C(C#N)=C/c1ccc(N(C)CCO)cc1)c1ccccc1. The predicted molar refractivity (Wildman–Crippen MR) is 103 cm³/mol. The largest absolute Gasteiger partial charge is 0.395 e. The van der Waals surface area contributed by atoms with Crippen molar-refractivity contribution in [1.29, 1.82) is 5.26 Å². The van der Waals surface area contributed by atoms with E-state index in [1.54, 1.807) is 6.08 Å². The predicted octanol–water partition coefficient (Wildman–Crippen LogP) is 2.90. The lowest BCUT2D eigenvalue weighted by Gasteiger charge is -2.17. The highest BCUT2D eigenvalue weighted by Gasteiger charge is 2.13. The second-order valence-electron chi connectivity index (χ2n) is 6.01. The van der Waals surface area contributed by atoms with E-state index in [2.05, 4.69) is 5.32 Å². The molecule has 0 heterocycles. The van der Waals surface area contributed by atoms with Crippen molar-refractivity contribution in [2.24, 2.45) is 0 Å². The summed E-state index contributed by atoms with van der Waals surface area (Å²) in [7, 11) is 1.89. The van der Waals surface area contributed by atoms with Crippen LogP contribution >= 0.6 is 0 Å². The third-order valence-corrected chi connectivity index (χ3v) is 4.09. The number of aliphatic hydroxyl groups excluding tert-OH is 1. The summed E-state index contributed by atoms with van der Waals surface area (Å²) in [4.78, 5) is 14.3. The highest BCUT2D eigenvalue weighted by molar-refractivity contribution is 6.01. The summed E-state index contributed by atoms with van der Waals surface area (Å²) in [5.41, 5.74) is 2.76. The summed E-state index contributed by atoms with van der Waals surface area (Å²) in [6.45, 7) is 2.50. The van der Waals surface area contributed by atoms with Gasteiger partial charge in [-0.3, -0.25) is 4.79 Å². The van der Waals surface area contributed by atoms with Gasteiger partial charge in [0.15, 0.2) is 0 Å². The molecule has 1 amide bonds. The topological polar surface area (TPSA) is 76.4 Å². The van der Waals surface area contributed by atoms with Crippen LogP contribution < -0.4 is 10.2 Å². The van der Waals surface area contributed by atoms with Crippen molar-refractivity contribution < 1.29 is 9.90 Å². The van der Waals surface area contributed by atoms with Gasteiger partial charge in [-0.15, -0.1) is 0 Å². The molecule has 2 rings (SSSR count). The van der Waals surface area contributed by atoms with Crippen LogP contribution in [0.15, 0.2) is 60.2 Å². The number of benzene rings is 2. The van der Waals surface area contributed by atoms with Crippen molar-refractivity contribution in [2.45, 2.75) is 13.0 Å². The molecule has 0 fully saturated rings. The molecule has 2 aromatic carbocycles. The van der Waals surface area contributed by atoms with Crippen LogP contribution in [0.3, 0.4) is 0 Å².